The molecule has 0 aliphatic rings. The molecule has 16 heavy (non-hydrogen) atoms. The SMILES string of the molecule is CS(=O)(=O)CC(=O)Cc1ccc(Cl)c(F)c1. The van der Waals surface area contributed by atoms with E-state index < -0.39 is 27.2 Å². The molecule has 0 saturated carbocycles. The van der Waals surface area contributed by atoms with Gasteiger partial charge in [-0.05, 0) is 17.7 Å². The lowest BCUT2D eigenvalue weighted by molar-refractivity contribution is -0.116. The highest BCUT2D eigenvalue weighted by Gasteiger charge is 2.12. The minimum absolute atomic E-state index is 0.0284. The normalized spacial score (nSPS) is 11.4. The number of Topliss-reactive ketones (excluding diaryl/α,β-unsaturated/α-hetero) is 1. The Morgan fingerprint density at radius 3 is 2.56 bits per heavy atom. The van der Waals surface area contributed by atoms with Crippen molar-refractivity contribution in [3.8, 4) is 0 Å². The standard InChI is InChI=1S/C10H10ClFO3S/c1-16(14,15)6-8(13)4-7-2-3-9(11)10(12)5-7/h2-3,5H,4,6H2,1H3. The van der Waals surface area contributed by atoms with Crippen LogP contribution >= 0.6 is 11.6 Å². The van der Waals surface area contributed by atoms with E-state index in [4.69, 9.17) is 11.6 Å². The maximum Gasteiger partial charge on any atom is 0.154 e. The Morgan fingerprint density at radius 1 is 1.44 bits per heavy atom. The summed E-state index contributed by atoms with van der Waals surface area (Å²) < 4.78 is 34.7. The number of halogens is 2. The average molecular weight is 265 g/mol. The van der Waals surface area contributed by atoms with Crippen LogP contribution in [-0.4, -0.2) is 26.2 Å². The van der Waals surface area contributed by atoms with E-state index in [1.807, 2.05) is 0 Å². The van der Waals surface area contributed by atoms with Gasteiger partial charge in [0.2, 0.25) is 0 Å². The van der Waals surface area contributed by atoms with E-state index in [2.05, 4.69) is 0 Å². The van der Waals surface area contributed by atoms with Gasteiger partial charge in [-0.25, -0.2) is 12.8 Å². The molecule has 0 saturated heterocycles. The van der Waals surface area contributed by atoms with Crippen molar-refractivity contribution >= 4 is 27.2 Å². The lowest BCUT2D eigenvalue weighted by atomic mass is 10.1. The number of carbonyl (C=O) groups is 1. The summed E-state index contributed by atoms with van der Waals surface area (Å²) in [5, 5.41) is -0.0284. The maximum atomic E-state index is 13.0. The highest BCUT2D eigenvalue weighted by atomic mass is 35.5. The second-order valence-electron chi connectivity index (χ2n) is 3.53. The predicted molar refractivity (Wildman–Crippen MR) is 59.8 cm³/mol. The Bertz CT molecular complexity index is 511. The third-order valence-electron chi connectivity index (χ3n) is 1.81. The largest absolute Gasteiger partial charge is 0.298 e. The van der Waals surface area contributed by atoms with Crippen LogP contribution < -0.4 is 0 Å². The second kappa shape index (κ2) is 4.93. The Morgan fingerprint density at radius 2 is 2.06 bits per heavy atom. The number of benzene rings is 1. The van der Waals surface area contributed by atoms with Crippen molar-refractivity contribution in [3.63, 3.8) is 0 Å². The van der Waals surface area contributed by atoms with Crippen LogP contribution in [0, 0.1) is 5.82 Å². The molecule has 0 fully saturated rings. The van der Waals surface area contributed by atoms with Crippen molar-refractivity contribution in [1.29, 1.82) is 0 Å². The number of hydrogen-bond donors (Lipinski definition) is 0. The lowest BCUT2D eigenvalue weighted by Crippen LogP contribution is -2.16. The van der Waals surface area contributed by atoms with Gasteiger partial charge in [-0.3, -0.25) is 4.79 Å². The molecule has 6 heteroatoms. The molecule has 0 unspecified atom stereocenters. The van der Waals surface area contributed by atoms with Gasteiger partial charge < -0.3 is 0 Å². The minimum Gasteiger partial charge on any atom is -0.298 e. The van der Waals surface area contributed by atoms with Crippen molar-refractivity contribution in [3.05, 3.63) is 34.6 Å². The van der Waals surface area contributed by atoms with Crippen LogP contribution in [0.3, 0.4) is 0 Å². The monoisotopic (exact) mass is 264 g/mol. The van der Waals surface area contributed by atoms with Crippen LogP contribution in [0.4, 0.5) is 4.39 Å². The summed E-state index contributed by atoms with van der Waals surface area (Å²) in [5.41, 5.74) is 0.413. The molecule has 3 nitrogen and oxygen atoms in total. The molecular formula is C10H10ClFO3S. The third-order valence-corrected chi connectivity index (χ3v) is 2.96. The Hall–Kier alpha value is -0.940. The molecule has 0 spiro atoms. The topological polar surface area (TPSA) is 51.2 Å². The van der Waals surface area contributed by atoms with Crippen molar-refractivity contribution in [1.82, 2.24) is 0 Å². The molecule has 88 valence electrons. The quantitative estimate of drug-likeness (QED) is 0.831. The Balaban J connectivity index is 2.74. The Kier molecular flexibility index (Phi) is 4.04. The first-order valence-corrected chi connectivity index (χ1v) is 6.85. The molecule has 0 N–H and O–H groups in total. The van der Waals surface area contributed by atoms with Crippen molar-refractivity contribution in [2.45, 2.75) is 6.42 Å². The number of rotatable bonds is 4. The second-order valence-corrected chi connectivity index (χ2v) is 6.08. The lowest BCUT2D eigenvalue weighted by Gasteiger charge is -2.01. The van der Waals surface area contributed by atoms with Crippen molar-refractivity contribution in [2.75, 3.05) is 12.0 Å². The summed E-state index contributed by atoms with van der Waals surface area (Å²) in [6.45, 7) is 0. The molecular weight excluding hydrogens is 255 g/mol. The summed E-state index contributed by atoms with van der Waals surface area (Å²) in [4.78, 5) is 11.3. The first-order chi connectivity index (χ1) is 7.28. The first kappa shape index (κ1) is 13.1. The fraction of sp³-hybridized carbons (Fsp3) is 0.300. The van der Waals surface area contributed by atoms with E-state index >= 15 is 0 Å². The molecule has 0 atom stereocenters. The van der Waals surface area contributed by atoms with E-state index in [9.17, 15) is 17.6 Å². The molecule has 1 rings (SSSR count). The van der Waals surface area contributed by atoms with Crippen LogP contribution in [0.5, 0.6) is 0 Å². The highest BCUT2D eigenvalue weighted by molar-refractivity contribution is 7.91. The average Bonchev–Trinajstić information content (AvgIpc) is 2.08. The highest BCUT2D eigenvalue weighted by Crippen LogP contribution is 2.16. The smallest absolute Gasteiger partial charge is 0.154 e. The third kappa shape index (κ3) is 4.28. The van der Waals surface area contributed by atoms with Gasteiger partial charge in [0.1, 0.15) is 11.6 Å². The maximum absolute atomic E-state index is 13.0. The van der Waals surface area contributed by atoms with Crippen LogP contribution in [0.25, 0.3) is 0 Å². The van der Waals surface area contributed by atoms with Crippen molar-refractivity contribution < 1.29 is 17.6 Å². The van der Waals surface area contributed by atoms with Crippen molar-refractivity contribution in [2.24, 2.45) is 0 Å². The van der Waals surface area contributed by atoms with Gasteiger partial charge in [0.25, 0.3) is 0 Å². The van der Waals surface area contributed by atoms with E-state index in [1.165, 1.54) is 12.1 Å². The van der Waals surface area contributed by atoms with Gasteiger partial charge >= 0.3 is 0 Å². The minimum atomic E-state index is -3.33. The van der Waals surface area contributed by atoms with Gasteiger partial charge in [-0.2, -0.15) is 0 Å². The zero-order valence-electron chi connectivity index (χ0n) is 8.54. The van der Waals surface area contributed by atoms with Gasteiger partial charge in [0.05, 0.1) is 5.02 Å². The zero-order valence-corrected chi connectivity index (χ0v) is 10.1. The van der Waals surface area contributed by atoms with Crippen LogP contribution in [-0.2, 0) is 21.1 Å². The van der Waals surface area contributed by atoms with E-state index in [1.54, 1.807) is 0 Å². The fourth-order valence-corrected chi connectivity index (χ4v) is 2.03. The molecule has 0 aliphatic carbocycles. The molecule has 0 aliphatic heterocycles. The Labute approximate surface area is 98.1 Å². The van der Waals surface area contributed by atoms with Gasteiger partial charge in [0.15, 0.2) is 15.6 Å². The molecule has 1 aromatic rings. The summed E-state index contributed by atoms with van der Waals surface area (Å²) in [6, 6.07) is 3.95. The number of carbonyl (C=O) groups excluding carboxylic acids is 1. The fourth-order valence-electron chi connectivity index (χ4n) is 1.22. The molecule has 0 heterocycles. The van der Waals surface area contributed by atoms with Crippen LogP contribution in [0.2, 0.25) is 5.02 Å². The molecule has 0 bridgehead atoms. The van der Waals surface area contributed by atoms with Crippen LogP contribution in [0.1, 0.15) is 5.56 Å². The first-order valence-electron chi connectivity index (χ1n) is 4.41. The molecule has 0 amide bonds. The van der Waals surface area contributed by atoms with Gasteiger partial charge in [-0.15, -0.1) is 0 Å². The van der Waals surface area contributed by atoms with Gasteiger partial charge in [0, 0.05) is 12.7 Å². The zero-order chi connectivity index (χ0) is 12.3. The summed E-state index contributed by atoms with van der Waals surface area (Å²) in [5.74, 6) is -1.62. The summed E-state index contributed by atoms with van der Waals surface area (Å²) in [6.07, 6.45) is 0.870. The predicted octanol–water partition coefficient (Wildman–Crippen LogP) is 1.64. The number of hydrogen-bond acceptors (Lipinski definition) is 3. The molecule has 0 aromatic heterocycles. The molecule has 0 radical (unpaired) electrons. The number of sulfone groups is 1. The number of ketones is 1. The van der Waals surface area contributed by atoms with E-state index in [-0.39, 0.29) is 11.4 Å². The summed E-state index contributed by atoms with van der Waals surface area (Å²) >= 11 is 5.47. The van der Waals surface area contributed by atoms with Crippen LogP contribution in [0.15, 0.2) is 18.2 Å². The molecule has 1 aromatic carbocycles. The van der Waals surface area contributed by atoms with Gasteiger partial charge in [-0.1, -0.05) is 17.7 Å². The van der Waals surface area contributed by atoms with E-state index in [0.29, 0.717) is 5.56 Å². The summed E-state index contributed by atoms with van der Waals surface area (Å²) in [7, 11) is -3.33. The van der Waals surface area contributed by atoms with E-state index in [0.717, 1.165) is 12.3 Å².